The molecule has 4 aromatic carbocycles. The quantitative estimate of drug-likeness (QED) is 0.123. The number of aryl methyl sites for hydroxylation is 1. The first-order valence-electron chi connectivity index (χ1n) is 18.8. The zero-order chi connectivity index (χ0) is 34.8. The van der Waals surface area contributed by atoms with Gasteiger partial charge in [0, 0.05) is 37.9 Å². The molecule has 5 heteroatoms. The SMILES string of the molecule is C[Si](C)(C)c1cnc(-c2[c-]cccc2)cc1CC1CCCC1.[Ir].[c-]1ccc2c(oc3ccc(-c4ccccc4)cc32)c1-c1nccc2c1CCCC2. The van der Waals surface area contributed by atoms with Crippen LogP contribution in [0.4, 0.5) is 0 Å². The van der Waals surface area contributed by atoms with Crippen LogP contribution in [0.25, 0.3) is 55.6 Å². The molecule has 0 spiro atoms. The van der Waals surface area contributed by atoms with E-state index in [0.29, 0.717) is 0 Å². The molecule has 9 rings (SSSR count). The van der Waals surface area contributed by atoms with E-state index in [1.54, 1.807) is 10.8 Å². The Labute approximate surface area is 323 Å². The van der Waals surface area contributed by atoms with E-state index < -0.39 is 8.07 Å². The maximum absolute atomic E-state index is 6.35. The van der Waals surface area contributed by atoms with Gasteiger partial charge in [-0.3, -0.25) is 0 Å². The Kier molecular flexibility index (Phi) is 11.0. The first-order chi connectivity index (χ1) is 24.9. The third-order valence-electron chi connectivity index (χ3n) is 10.8. The van der Waals surface area contributed by atoms with Crippen molar-refractivity contribution in [3.63, 3.8) is 0 Å². The van der Waals surface area contributed by atoms with Crippen LogP contribution in [-0.2, 0) is 39.4 Å². The zero-order valence-electron chi connectivity index (χ0n) is 30.5. The second-order valence-corrected chi connectivity index (χ2v) is 20.4. The Morgan fingerprint density at radius 2 is 1.56 bits per heavy atom. The van der Waals surface area contributed by atoms with Gasteiger partial charge in [0.05, 0.1) is 13.7 Å². The van der Waals surface area contributed by atoms with Gasteiger partial charge in [-0.25, -0.2) is 0 Å². The number of fused-ring (bicyclic) bond motifs is 4. The van der Waals surface area contributed by atoms with Crippen LogP contribution < -0.4 is 5.19 Å². The van der Waals surface area contributed by atoms with Gasteiger partial charge in [-0.2, -0.15) is 0 Å². The molecule has 0 unspecified atom stereocenters. The van der Waals surface area contributed by atoms with Gasteiger partial charge >= 0.3 is 0 Å². The van der Waals surface area contributed by atoms with Crippen molar-refractivity contribution in [3.8, 4) is 33.6 Å². The van der Waals surface area contributed by atoms with Crippen molar-refractivity contribution in [2.24, 2.45) is 5.92 Å². The third kappa shape index (κ3) is 7.64. The van der Waals surface area contributed by atoms with Crippen molar-refractivity contribution in [1.82, 2.24) is 9.97 Å². The smallest absolute Gasteiger partial charge is 0.120 e. The molecule has 2 aliphatic carbocycles. The van der Waals surface area contributed by atoms with E-state index >= 15 is 0 Å². The normalized spacial score (nSPS) is 14.4. The minimum atomic E-state index is -1.35. The number of rotatable bonds is 6. The number of nitrogens with zero attached hydrogens (tertiary/aromatic N) is 2. The van der Waals surface area contributed by atoms with E-state index in [1.807, 2.05) is 30.5 Å². The fourth-order valence-electron chi connectivity index (χ4n) is 8.17. The third-order valence-corrected chi connectivity index (χ3v) is 12.9. The maximum atomic E-state index is 6.35. The van der Waals surface area contributed by atoms with Crippen molar-refractivity contribution < 1.29 is 24.5 Å². The second-order valence-electron chi connectivity index (χ2n) is 15.4. The molecule has 1 radical (unpaired) electrons. The fourth-order valence-corrected chi connectivity index (χ4v) is 9.76. The van der Waals surface area contributed by atoms with Crippen LogP contribution in [0.15, 0.2) is 114 Å². The van der Waals surface area contributed by atoms with E-state index in [0.717, 1.165) is 63.2 Å². The number of pyridine rings is 2. The van der Waals surface area contributed by atoms with Crippen molar-refractivity contribution in [2.75, 3.05) is 0 Å². The molecule has 0 N–H and O–H groups in total. The summed E-state index contributed by atoms with van der Waals surface area (Å²) in [5, 5.41) is 3.81. The summed E-state index contributed by atoms with van der Waals surface area (Å²) in [7, 11) is -1.35. The molecule has 0 atom stereocenters. The Morgan fingerprint density at radius 1 is 0.750 bits per heavy atom. The summed E-state index contributed by atoms with van der Waals surface area (Å²) in [6.07, 6.45) is 15.7. The number of hydrogen-bond acceptors (Lipinski definition) is 3. The predicted molar refractivity (Wildman–Crippen MR) is 215 cm³/mol. The predicted octanol–water partition coefficient (Wildman–Crippen LogP) is 11.8. The van der Waals surface area contributed by atoms with Crippen molar-refractivity contribution >= 4 is 35.2 Å². The average Bonchev–Trinajstić information content (AvgIpc) is 3.83. The second kappa shape index (κ2) is 15.8. The molecule has 0 amide bonds. The number of hydrogen-bond donors (Lipinski definition) is 0. The van der Waals surface area contributed by atoms with E-state index in [-0.39, 0.29) is 20.1 Å². The molecule has 1 fully saturated rings. The molecule has 1 saturated carbocycles. The first-order valence-corrected chi connectivity index (χ1v) is 22.3. The number of aromatic nitrogens is 2. The molecule has 2 aliphatic rings. The van der Waals surface area contributed by atoms with Gasteiger partial charge in [-0.1, -0.05) is 115 Å². The molecule has 0 aliphatic heterocycles. The summed E-state index contributed by atoms with van der Waals surface area (Å²) in [5.74, 6) is 0.880. The molecule has 52 heavy (non-hydrogen) atoms. The maximum Gasteiger partial charge on any atom is 0.120 e. The van der Waals surface area contributed by atoms with Crippen molar-refractivity contribution in [2.45, 2.75) is 77.4 Å². The van der Waals surface area contributed by atoms with Gasteiger partial charge in [-0.15, -0.1) is 54.1 Å². The topological polar surface area (TPSA) is 38.9 Å². The summed E-state index contributed by atoms with van der Waals surface area (Å²) in [4.78, 5) is 9.51. The number of furan rings is 1. The van der Waals surface area contributed by atoms with Crippen molar-refractivity contribution in [3.05, 3.63) is 138 Å². The van der Waals surface area contributed by atoms with Gasteiger partial charge in [0.2, 0.25) is 0 Å². The summed E-state index contributed by atoms with van der Waals surface area (Å²) < 4.78 is 6.35. The van der Waals surface area contributed by atoms with Crippen LogP contribution in [0, 0.1) is 18.1 Å². The molecule has 7 aromatic rings. The molecule has 0 bridgehead atoms. The van der Waals surface area contributed by atoms with E-state index in [1.165, 1.54) is 67.2 Å². The summed E-state index contributed by atoms with van der Waals surface area (Å²) in [6, 6.07) is 40.4. The Morgan fingerprint density at radius 3 is 2.35 bits per heavy atom. The fraction of sp³-hybridized carbons (Fsp3) is 0.277. The molecule has 0 saturated heterocycles. The first kappa shape index (κ1) is 36.2. The summed E-state index contributed by atoms with van der Waals surface area (Å²) >= 11 is 0. The van der Waals surface area contributed by atoms with Crippen LogP contribution in [0.5, 0.6) is 0 Å². The van der Waals surface area contributed by atoms with Crippen LogP contribution in [0.3, 0.4) is 0 Å². The minimum Gasteiger partial charge on any atom is -0.501 e. The monoisotopic (exact) mass is 875 g/mol. The van der Waals surface area contributed by atoms with Crippen LogP contribution in [-0.4, -0.2) is 18.0 Å². The molecular weight excluding hydrogens is 829 g/mol. The van der Waals surface area contributed by atoms with E-state index in [2.05, 4.69) is 111 Å². The van der Waals surface area contributed by atoms with Gasteiger partial charge in [0.1, 0.15) is 5.58 Å². The standard InChI is InChI=1S/C27H20NO.C20H26NSi.Ir/c1-2-7-18(8-3-1)20-13-14-25-24(17-20)22-11-6-12-23(27(22)29-25)26-21-10-5-4-9-19(21)15-16-28-26;1-22(2,3)20-15-21-19(17-11-5-4-6-12-17)14-18(20)13-16-9-7-8-10-16;/h1-3,6-8,11,13-17H,4-5,9-10H2;4-6,11,14-16H,7-10,13H2,1-3H3;/q2*-1;. The number of benzene rings is 4. The molecule has 3 aromatic heterocycles. The van der Waals surface area contributed by atoms with E-state index in [4.69, 9.17) is 14.4 Å². The van der Waals surface area contributed by atoms with Crippen molar-refractivity contribution in [1.29, 1.82) is 0 Å². The van der Waals surface area contributed by atoms with Crippen LogP contribution in [0.2, 0.25) is 19.6 Å². The van der Waals surface area contributed by atoms with Crippen LogP contribution in [0.1, 0.15) is 55.2 Å². The molecular formula is C47H46IrN2OSi-2. The van der Waals surface area contributed by atoms with Gasteiger partial charge in [0.25, 0.3) is 0 Å². The Hall–Kier alpha value is -4.15. The molecule has 265 valence electrons. The molecule has 3 heterocycles. The van der Waals surface area contributed by atoms with E-state index in [9.17, 15) is 0 Å². The van der Waals surface area contributed by atoms with Gasteiger partial charge in [-0.05, 0) is 83.9 Å². The Balaban J connectivity index is 0.000000165. The molecule has 3 nitrogen and oxygen atoms in total. The van der Waals surface area contributed by atoms with Crippen LogP contribution >= 0.6 is 0 Å². The Bertz CT molecular complexity index is 2290. The largest absolute Gasteiger partial charge is 0.501 e. The average molecular weight is 875 g/mol. The van der Waals surface area contributed by atoms with Gasteiger partial charge < -0.3 is 14.4 Å². The minimum absolute atomic E-state index is 0. The summed E-state index contributed by atoms with van der Waals surface area (Å²) in [5.41, 5.74) is 12.8. The zero-order valence-corrected chi connectivity index (χ0v) is 33.9. The summed E-state index contributed by atoms with van der Waals surface area (Å²) in [6.45, 7) is 7.28. The van der Waals surface area contributed by atoms with Gasteiger partial charge in [0.15, 0.2) is 0 Å².